The van der Waals surface area contributed by atoms with Crippen LogP contribution in [0.25, 0.3) is 0 Å². The van der Waals surface area contributed by atoms with Gasteiger partial charge >= 0.3 is 24.0 Å². The van der Waals surface area contributed by atoms with E-state index in [0.717, 1.165) is 0 Å². The summed E-state index contributed by atoms with van der Waals surface area (Å²) in [4.78, 5) is 40.1. The van der Waals surface area contributed by atoms with Crippen LogP contribution in [-0.2, 0) is 19.1 Å². The van der Waals surface area contributed by atoms with Gasteiger partial charge in [0.2, 0.25) is 0 Å². The van der Waals surface area contributed by atoms with Crippen LogP contribution in [0.4, 0.5) is 21.5 Å². The van der Waals surface area contributed by atoms with E-state index in [2.05, 4.69) is 4.90 Å². The quantitative estimate of drug-likeness (QED) is 0.285. The number of esters is 2. The number of piperazine rings is 1. The Morgan fingerprint density at radius 3 is 2.26 bits per heavy atom. The van der Waals surface area contributed by atoms with Gasteiger partial charge in [0.25, 0.3) is 0 Å². The summed E-state index contributed by atoms with van der Waals surface area (Å²) in [6, 6.07) is -0.275. The molecule has 0 bridgehead atoms. The van der Waals surface area contributed by atoms with Crippen LogP contribution in [0.15, 0.2) is 0 Å². The van der Waals surface area contributed by atoms with Gasteiger partial charge in [-0.2, -0.15) is 0 Å². The number of halogens is 2. The summed E-state index contributed by atoms with van der Waals surface area (Å²) in [5.41, 5.74) is -0.194. The lowest BCUT2D eigenvalue weighted by atomic mass is 10.1. The highest BCUT2D eigenvalue weighted by molar-refractivity contribution is 6.34. The molecule has 168 valence electrons. The molecule has 2 heterocycles. The third-order valence-electron chi connectivity index (χ3n) is 5.72. The predicted octanol–water partition coefficient (Wildman–Crippen LogP) is 2.19. The fraction of sp³-hybridized carbons (Fsp3) is 0.579. The number of likely N-dealkylation sites (N-methyl/N-ethyl adjacent to an activating group) is 1. The number of benzene rings is 1. The number of nitro groups is 1. The summed E-state index contributed by atoms with van der Waals surface area (Å²) >= 11 is 6.19. The van der Waals surface area contributed by atoms with Crippen molar-refractivity contribution in [3.63, 3.8) is 0 Å². The van der Waals surface area contributed by atoms with Crippen LogP contribution in [0.5, 0.6) is 0 Å². The number of nitrogens with zero attached hydrogens (tertiary/aromatic N) is 4. The highest BCUT2D eigenvalue weighted by Gasteiger charge is 2.46. The summed E-state index contributed by atoms with van der Waals surface area (Å²) in [5.74, 6) is -2.45. The largest absolute Gasteiger partial charge is 0.405 e. The third-order valence-corrected chi connectivity index (χ3v) is 6.07. The number of rotatable bonds is 5. The van der Waals surface area contributed by atoms with Gasteiger partial charge in [0, 0.05) is 37.8 Å². The zero-order valence-corrected chi connectivity index (χ0v) is 17.9. The van der Waals surface area contributed by atoms with Crippen LogP contribution in [0.3, 0.4) is 0 Å². The fourth-order valence-electron chi connectivity index (χ4n) is 4.03. The summed E-state index contributed by atoms with van der Waals surface area (Å²) < 4.78 is 25.7. The van der Waals surface area contributed by atoms with Gasteiger partial charge < -0.3 is 19.3 Å². The van der Waals surface area contributed by atoms with Crippen molar-refractivity contribution in [3.05, 3.63) is 26.5 Å². The molecule has 12 heteroatoms. The average molecular weight is 457 g/mol. The van der Waals surface area contributed by atoms with Crippen molar-refractivity contribution in [1.82, 2.24) is 4.90 Å². The molecule has 1 aliphatic carbocycles. The van der Waals surface area contributed by atoms with Crippen molar-refractivity contribution in [3.8, 4) is 0 Å². The van der Waals surface area contributed by atoms with Crippen molar-refractivity contribution in [2.24, 2.45) is 0 Å². The molecule has 2 saturated heterocycles. The Bertz CT molecular complexity index is 932. The first-order valence-electron chi connectivity index (χ1n) is 9.95. The summed E-state index contributed by atoms with van der Waals surface area (Å²) in [5, 5.41) is 11.3. The van der Waals surface area contributed by atoms with Crippen LogP contribution in [0, 0.1) is 22.9 Å². The number of carbonyl (C=O) groups excluding carboxylic acids is 2. The van der Waals surface area contributed by atoms with E-state index in [4.69, 9.17) is 21.1 Å². The molecule has 3 aliphatic rings. The SMILES string of the molecule is Cc1c(N2CCN(C)CC2)c(F)c(Cl)c([N+](=O)[O-])c1N(C1CC1)C1OC(=O)CC(=O)O1. The lowest BCUT2D eigenvalue weighted by Crippen LogP contribution is -2.48. The number of nitro benzene ring substituents is 1. The molecule has 0 atom stereocenters. The van der Waals surface area contributed by atoms with Gasteiger partial charge in [0.15, 0.2) is 10.8 Å². The van der Waals surface area contributed by atoms with Gasteiger partial charge in [0.05, 0.1) is 10.6 Å². The molecule has 0 amide bonds. The van der Waals surface area contributed by atoms with Gasteiger partial charge in [-0.3, -0.25) is 24.6 Å². The van der Waals surface area contributed by atoms with Gasteiger partial charge in [-0.05, 0) is 26.8 Å². The van der Waals surface area contributed by atoms with Gasteiger partial charge in [-0.25, -0.2) is 4.39 Å². The fourth-order valence-corrected chi connectivity index (χ4v) is 4.28. The minimum atomic E-state index is -1.47. The molecular formula is C19H22ClFN4O6. The highest BCUT2D eigenvalue weighted by atomic mass is 35.5. The van der Waals surface area contributed by atoms with Gasteiger partial charge in [-0.1, -0.05) is 11.6 Å². The standard InChI is InChI=1S/C19H22ClFN4O6/c1-10-16(23-7-5-22(2)6-8-23)15(21)14(20)18(25(28)29)17(10)24(11-3-4-11)19-30-12(26)9-13(27)31-19/h11,19H,3-9H2,1-2H3. The Kier molecular flexibility index (Phi) is 5.65. The highest BCUT2D eigenvalue weighted by Crippen LogP contribution is 2.49. The van der Waals surface area contributed by atoms with E-state index in [1.165, 1.54) is 4.90 Å². The number of hydrogen-bond acceptors (Lipinski definition) is 9. The first-order valence-corrected chi connectivity index (χ1v) is 10.3. The monoisotopic (exact) mass is 456 g/mol. The van der Waals surface area contributed by atoms with E-state index in [1.807, 2.05) is 7.05 Å². The summed E-state index contributed by atoms with van der Waals surface area (Å²) in [6.07, 6.45) is -0.727. The maximum atomic E-state index is 15.3. The molecule has 1 aromatic carbocycles. The zero-order chi connectivity index (χ0) is 22.4. The molecule has 0 N–H and O–H groups in total. The molecule has 0 unspecified atom stereocenters. The number of ether oxygens (including phenoxy) is 2. The van der Waals surface area contributed by atoms with Crippen LogP contribution in [0.2, 0.25) is 5.02 Å². The second-order valence-corrected chi connectivity index (χ2v) is 8.33. The lowest BCUT2D eigenvalue weighted by molar-refractivity contribution is -0.384. The number of carbonyl (C=O) groups is 2. The minimum Gasteiger partial charge on any atom is -0.405 e. The molecule has 3 fully saturated rings. The van der Waals surface area contributed by atoms with Gasteiger partial charge in [0.1, 0.15) is 12.1 Å². The molecule has 31 heavy (non-hydrogen) atoms. The van der Waals surface area contributed by atoms with Crippen molar-refractivity contribution < 1.29 is 28.4 Å². The molecule has 2 aliphatic heterocycles. The Morgan fingerprint density at radius 2 is 1.74 bits per heavy atom. The lowest BCUT2D eigenvalue weighted by Gasteiger charge is -2.38. The van der Waals surface area contributed by atoms with Crippen LogP contribution >= 0.6 is 11.6 Å². The Balaban J connectivity index is 1.87. The smallest absolute Gasteiger partial charge is 0.332 e. The Labute approximate surface area is 182 Å². The molecule has 10 nitrogen and oxygen atoms in total. The summed E-state index contributed by atoms with van der Waals surface area (Å²) in [6.45, 7) is 3.97. The molecule has 1 saturated carbocycles. The second-order valence-electron chi connectivity index (χ2n) is 7.95. The minimum absolute atomic E-state index is 0.000304. The topological polar surface area (TPSA) is 105 Å². The van der Waals surface area contributed by atoms with Crippen molar-refractivity contribution in [1.29, 1.82) is 0 Å². The molecule has 1 aromatic rings. The van der Waals surface area contributed by atoms with Crippen LogP contribution < -0.4 is 9.80 Å². The van der Waals surface area contributed by atoms with Gasteiger partial charge in [-0.15, -0.1) is 0 Å². The number of anilines is 2. The van der Waals surface area contributed by atoms with Crippen molar-refractivity contribution >= 4 is 40.6 Å². The van der Waals surface area contributed by atoms with Crippen molar-refractivity contribution in [2.45, 2.75) is 38.6 Å². The second kappa shape index (κ2) is 8.12. The maximum Gasteiger partial charge on any atom is 0.332 e. The molecule has 4 rings (SSSR count). The van der Waals surface area contributed by atoms with E-state index in [0.29, 0.717) is 39.0 Å². The van der Waals surface area contributed by atoms with E-state index < -0.39 is 46.2 Å². The van der Waals surface area contributed by atoms with Crippen LogP contribution in [0.1, 0.15) is 24.8 Å². The maximum absolute atomic E-state index is 15.3. The predicted molar refractivity (Wildman–Crippen MR) is 109 cm³/mol. The zero-order valence-electron chi connectivity index (χ0n) is 17.1. The Morgan fingerprint density at radius 1 is 1.16 bits per heavy atom. The first-order chi connectivity index (χ1) is 14.7. The molecule has 0 spiro atoms. The number of cyclic esters (lactones) is 2. The first kappa shape index (κ1) is 21.6. The van der Waals surface area contributed by atoms with E-state index >= 15 is 4.39 Å². The van der Waals surface area contributed by atoms with Crippen LogP contribution in [-0.4, -0.2) is 67.4 Å². The molecular weight excluding hydrogens is 435 g/mol. The average Bonchev–Trinajstić information content (AvgIpc) is 3.52. The summed E-state index contributed by atoms with van der Waals surface area (Å²) in [7, 11) is 1.95. The molecule has 0 radical (unpaired) electrons. The molecule has 0 aromatic heterocycles. The Hall–Kier alpha value is -2.66. The van der Waals surface area contributed by atoms with E-state index in [1.54, 1.807) is 11.8 Å². The number of hydrogen-bond donors (Lipinski definition) is 0. The van der Waals surface area contributed by atoms with E-state index in [-0.39, 0.29) is 23.0 Å². The third kappa shape index (κ3) is 3.99. The van der Waals surface area contributed by atoms with Crippen molar-refractivity contribution in [2.75, 3.05) is 43.0 Å². The normalized spacial score (nSPS) is 20.5. The van der Waals surface area contributed by atoms with E-state index in [9.17, 15) is 19.7 Å².